The fourth-order valence-corrected chi connectivity index (χ4v) is 2.28. The normalized spacial score (nSPS) is 11.5. The van der Waals surface area contributed by atoms with Crippen molar-refractivity contribution in [3.05, 3.63) is 65.7 Å². The second-order valence-corrected chi connectivity index (χ2v) is 6.66. The molecular weight excluding hydrogens is 298 g/mol. The summed E-state index contributed by atoms with van der Waals surface area (Å²) in [6, 6.07) is 15.6. The van der Waals surface area contributed by atoms with Gasteiger partial charge in [0.2, 0.25) is 5.91 Å². The first-order valence-electron chi connectivity index (χ1n) is 8.21. The molecule has 0 saturated heterocycles. The lowest BCUT2D eigenvalue weighted by atomic mass is 9.87. The quantitative estimate of drug-likeness (QED) is 0.783. The van der Waals surface area contributed by atoms with Gasteiger partial charge in [0.05, 0.1) is 6.61 Å². The molecule has 0 aliphatic rings. The first kappa shape index (κ1) is 17.8. The van der Waals surface area contributed by atoms with E-state index in [2.05, 4.69) is 38.2 Å². The maximum Gasteiger partial charge on any atom is 0.248 e. The summed E-state index contributed by atoms with van der Waals surface area (Å²) in [5, 5.41) is 2.84. The molecule has 24 heavy (non-hydrogen) atoms. The van der Waals surface area contributed by atoms with E-state index >= 15 is 0 Å². The average molecular weight is 323 g/mol. The van der Waals surface area contributed by atoms with E-state index < -0.39 is 0 Å². The zero-order valence-electron chi connectivity index (χ0n) is 14.8. The van der Waals surface area contributed by atoms with Crippen molar-refractivity contribution >= 4 is 17.7 Å². The molecule has 0 bridgehead atoms. The van der Waals surface area contributed by atoms with Gasteiger partial charge in [0.1, 0.15) is 5.75 Å². The topological polar surface area (TPSA) is 38.3 Å². The Morgan fingerprint density at radius 2 is 1.83 bits per heavy atom. The molecule has 0 fully saturated rings. The molecule has 0 saturated carbocycles. The van der Waals surface area contributed by atoms with Crippen LogP contribution in [0.5, 0.6) is 5.75 Å². The predicted octanol–water partition coefficient (Wildman–Crippen LogP) is 5.03. The molecule has 0 aromatic heterocycles. The van der Waals surface area contributed by atoms with Crippen LogP contribution in [-0.2, 0) is 10.2 Å². The molecule has 0 aliphatic carbocycles. The fraction of sp³-hybridized carbons (Fsp3) is 0.286. The number of carbonyl (C=O) groups is 1. The lowest BCUT2D eigenvalue weighted by Gasteiger charge is -2.18. The molecule has 0 spiro atoms. The minimum Gasteiger partial charge on any atom is -0.494 e. The first-order chi connectivity index (χ1) is 11.4. The Hall–Kier alpha value is -2.55. The van der Waals surface area contributed by atoms with Crippen LogP contribution in [0, 0.1) is 0 Å². The number of amides is 1. The lowest BCUT2D eigenvalue weighted by molar-refractivity contribution is -0.111. The van der Waals surface area contributed by atoms with Gasteiger partial charge in [0, 0.05) is 17.8 Å². The van der Waals surface area contributed by atoms with Crippen LogP contribution in [0.15, 0.2) is 54.6 Å². The van der Waals surface area contributed by atoms with E-state index in [1.165, 1.54) is 5.56 Å². The highest BCUT2D eigenvalue weighted by Gasteiger charge is 2.12. The second-order valence-electron chi connectivity index (χ2n) is 6.66. The molecule has 3 heteroatoms. The van der Waals surface area contributed by atoms with Crippen molar-refractivity contribution in [1.82, 2.24) is 0 Å². The molecule has 126 valence electrons. The summed E-state index contributed by atoms with van der Waals surface area (Å²) in [5.41, 5.74) is 3.13. The van der Waals surface area contributed by atoms with Crippen molar-refractivity contribution in [2.24, 2.45) is 0 Å². The third-order valence-corrected chi connectivity index (χ3v) is 3.62. The molecule has 2 rings (SSSR count). The van der Waals surface area contributed by atoms with E-state index in [0.29, 0.717) is 6.61 Å². The minimum absolute atomic E-state index is 0.130. The van der Waals surface area contributed by atoms with Gasteiger partial charge in [-0.1, -0.05) is 51.1 Å². The molecular formula is C21H25NO2. The lowest BCUT2D eigenvalue weighted by Crippen LogP contribution is -2.10. The van der Waals surface area contributed by atoms with Gasteiger partial charge in [-0.25, -0.2) is 0 Å². The van der Waals surface area contributed by atoms with Crippen molar-refractivity contribution in [3.8, 4) is 5.75 Å². The highest BCUT2D eigenvalue weighted by atomic mass is 16.5. The largest absolute Gasteiger partial charge is 0.494 e. The van der Waals surface area contributed by atoms with Crippen LogP contribution in [-0.4, -0.2) is 12.5 Å². The number of hydrogen-bond acceptors (Lipinski definition) is 2. The number of rotatable bonds is 5. The molecule has 0 unspecified atom stereocenters. The van der Waals surface area contributed by atoms with Gasteiger partial charge in [-0.2, -0.15) is 0 Å². The summed E-state index contributed by atoms with van der Waals surface area (Å²) in [6.45, 7) is 9.08. The van der Waals surface area contributed by atoms with Crippen molar-refractivity contribution in [2.45, 2.75) is 33.1 Å². The summed E-state index contributed by atoms with van der Waals surface area (Å²) < 4.78 is 5.43. The number of anilines is 1. The highest BCUT2D eigenvalue weighted by Crippen LogP contribution is 2.22. The van der Waals surface area contributed by atoms with Gasteiger partial charge < -0.3 is 10.1 Å². The summed E-state index contributed by atoms with van der Waals surface area (Å²) >= 11 is 0. The summed E-state index contributed by atoms with van der Waals surface area (Å²) in [6.07, 6.45) is 3.35. The van der Waals surface area contributed by atoms with Gasteiger partial charge in [-0.05, 0) is 41.7 Å². The Morgan fingerprint density at radius 3 is 2.46 bits per heavy atom. The molecule has 3 nitrogen and oxygen atoms in total. The van der Waals surface area contributed by atoms with Crippen LogP contribution >= 0.6 is 0 Å². The van der Waals surface area contributed by atoms with Crippen molar-refractivity contribution in [2.75, 3.05) is 11.9 Å². The van der Waals surface area contributed by atoms with Crippen LogP contribution in [0.4, 0.5) is 5.69 Å². The van der Waals surface area contributed by atoms with Crippen molar-refractivity contribution in [1.29, 1.82) is 0 Å². The van der Waals surface area contributed by atoms with Crippen molar-refractivity contribution in [3.63, 3.8) is 0 Å². The molecule has 1 amide bonds. The Kier molecular flexibility index (Phi) is 5.80. The Morgan fingerprint density at radius 1 is 1.12 bits per heavy atom. The van der Waals surface area contributed by atoms with Crippen LogP contribution < -0.4 is 10.1 Å². The zero-order chi connectivity index (χ0) is 17.6. The second kappa shape index (κ2) is 7.82. The van der Waals surface area contributed by atoms with E-state index in [1.807, 2.05) is 49.4 Å². The highest BCUT2D eigenvalue weighted by molar-refractivity contribution is 6.02. The van der Waals surface area contributed by atoms with E-state index in [-0.39, 0.29) is 11.3 Å². The minimum atomic E-state index is -0.163. The average Bonchev–Trinajstić information content (AvgIpc) is 2.53. The number of ether oxygens (including phenoxy) is 1. The fourth-order valence-electron chi connectivity index (χ4n) is 2.28. The Bertz CT molecular complexity index is 709. The zero-order valence-corrected chi connectivity index (χ0v) is 14.8. The number of benzene rings is 2. The third kappa shape index (κ3) is 5.27. The summed E-state index contributed by atoms with van der Waals surface area (Å²) in [7, 11) is 0. The van der Waals surface area contributed by atoms with Gasteiger partial charge in [-0.3, -0.25) is 4.79 Å². The van der Waals surface area contributed by atoms with Gasteiger partial charge in [-0.15, -0.1) is 0 Å². The number of carbonyl (C=O) groups excluding carboxylic acids is 1. The van der Waals surface area contributed by atoms with Crippen LogP contribution in [0.25, 0.3) is 6.08 Å². The van der Waals surface area contributed by atoms with E-state index in [1.54, 1.807) is 6.08 Å². The number of hydrogen-bond donors (Lipinski definition) is 1. The summed E-state index contributed by atoms with van der Waals surface area (Å²) in [5.74, 6) is 0.584. The number of nitrogens with one attached hydrogen (secondary N) is 1. The van der Waals surface area contributed by atoms with Gasteiger partial charge in [0.15, 0.2) is 0 Å². The summed E-state index contributed by atoms with van der Waals surface area (Å²) in [4.78, 5) is 12.0. The first-order valence-corrected chi connectivity index (χ1v) is 8.21. The van der Waals surface area contributed by atoms with E-state index in [9.17, 15) is 4.79 Å². The maximum atomic E-state index is 12.0. The van der Waals surface area contributed by atoms with Crippen LogP contribution in [0.1, 0.15) is 38.8 Å². The predicted molar refractivity (Wildman–Crippen MR) is 100 cm³/mol. The Labute approximate surface area is 144 Å². The van der Waals surface area contributed by atoms with E-state index in [4.69, 9.17) is 4.74 Å². The molecule has 1 N–H and O–H groups in total. The third-order valence-electron chi connectivity index (χ3n) is 3.62. The smallest absolute Gasteiger partial charge is 0.248 e. The van der Waals surface area contributed by atoms with Crippen LogP contribution in [0.3, 0.4) is 0 Å². The molecule has 2 aromatic rings. The van der Waals surface area contributed by atoms with E-state index in [0.717, 1.165) is 17.0 Å². The molecule has 0 atom stereocenters. The standard InChI is InChI=1S/C21H25NO2/c1-5-24-19-8-6-7-18(15-19)22-20(23)14-11-16-9-12-17(13-10-16)21(2,3)4/h6-15H,5H2,1-4H3,(H,22,23)/b14-11+. The van der Waals surface area contributed by atoms with Gasteiger partial charge >= 0.3 is 0 Å². The van der Waals surface area contributed by atoms with Crippen molar-refractivity contribution < 1.29 is 9.53 Å². The van der Waals surface area contributed by atoms with Gasteiger partial charge in [0.25, 0.3) is 0 Å². The van der Waals surface area contributed by atoms with Crippen LogP contribution in [0.2, 0.25) is 0 Å². The molecule has 0 radical (unpaired) electrons. The Balaban J connectivity index is 1.99. The molecule has 0 heterocycles. The molecule has 2 aromatic carbocycles. The maximum absolute atomic E-state index is 12.0. The SMILES string of the molecule is CCOc1cccc(NC(=O)/C=C/c2ccc(C(C)(C)C)cc2)c1. The molecule has 0 aliphatic heterocycles. The monoisotopic (exact) mass is 323 g/mol.